The lowest BCUT2D eigenvalue weighted by atomic mass is 10.1. The third kappa shape index (κ3) is 2.14. The van der Waals surface area contributed by atoms with E-state index in [-0.39, 0.29) is 0 Å². The van der Waals surface area contributed by atoms with Gasteiger partial charge in [0.15, 0.2) is 0 Å². The minimum atomic E-state index is 0.600. The molecule has 2 aromatic rings. The predicted molar refractivity (Wildman–Crippen MR) is 68.0 cm³/mol. The lowest BCUT2D eigenvalue weighted by Gasteiger charge is -2.12. The van der Waals surface area contributed by atoms with Crippen molar-refractivity contribution in [1.82, 2.24) is 9.97 Å². The molecule has 1 aromatic heterocycles. The van der Waals surface area contributed by atoms with Gasteiger partial charge in [-0.1, -0.05) is 18.3 Å². The number of H-pyrrole nitrogens is 1. The van der Waals surface area contributed by atoms with Crippen molar-refractivity contribution in [3.63, 3.8) is 0 Å². The maximum absolute atomic E-state index is 5.33. The van der Waals surface area contributed by atoms with Crippen LogP contribution in [0.1, 0.15) is 0 Å². The Morgan fingerprint density at radius 1 is 1.18 bits per heavy atom. The van der Waals surface area contributed by atoms with Crippen LogP contribution in [0.3, 0.4) is 0 Å². The first-order chi connectivity index (χ1) is 8.27. The Kier molecular flexibility index (Phi) is 3.39. The van der Waals surface area contributed by atoms with Crippen molar-refractivity contribution in [2.45, 2.75) is 0 Å². The summed E-state index contributed by atoms with van der Waals surface area (Å²) < 4.78 is 11.3. The van der Waals surface area contributed by atoms with E-state index >= 15 is 0 Å². The van der Waals surface area contributed by atoms with Crippen LogP contribution in [0.15, 0.2) is 30.7 Å². The van der Waals surface area contributed by atoms with Crippen molar-refractivity contribution in [1.29, 1.82) is 0 Å². The van der Waals surface area contributed by atoms with Crippen molar-refractivity contribution in [3.05, 3.63) is 35.4 Å². The zero-order chi connectivity index (χ0) is 12.3. The van der Waals surface area contributed by atoms with Gasteiger partial charge in [0.25, 0.3) is 0 Å². The van der Waals surface area contributed by atoms with Gasteiger partial charge in [0.1, 0.15) is 16.1 Å². The summed E-state index contributed by atoms with van der Waals surface area (Å²) in [5.74, 6) is 1.41. The molecule has 0 aliphatic heterocycles. The zero-order valence-corrected chi connectivity index (χ0v) is 10.4. The van der Waals surface area contributed by atoms with E-state index in [2.05, 4.69) is 9.97 Å². The third-order valence-electron chi connectivity index (χ3n) is 2.42. The van der Waals surface area contributed by atoms with Gasteiger partial charge >= 0.3 is 0 Å². The SMILES string of the molecule is COc1cccc(OC)c1-c1cnc[nH]c1=S. The molecule has 0 aliphatic rings. The molecular weight excluding hydrogens is 236 g/mol. The Hall–Kier alpha value is -1.88. The first kappa shape index (κ1) is 11.6. The van der Waals surface area contributed by atoms with E-state index in [1.807, 2.05) is 18.2 Å². The Labute approximate surface area is 104 Å². The average Bonchev–Trinajstić information content (AvgIpc) is 2.38. The fourth-order valence-electron chi connectivity index (χ4n) is 1.64. The Bertz CT molecular complexity index is 558. The van der Waals surface area contributed by atoms with E-state index in [0.717, 1.165) is 11.1 Å². The minimum Gasteiger partial charge on any atom is -0.496 e. The first-order valence-corrected chi connectivity index (χ1v) is 5.42. The molecule has 1 heterocycles. The van der Waals surface area contributed by atoms with Gasteiger partial charge in [-0.3, -0.25) is 0 Å². The van der Waals surface area contributed by atoms with Gasteiger partial charge in [-0.05, 0) is 12.1 Å². The van der Waals surface area contributed by atoms with E-state index in [1.54, 1.807) is 26.7 Å². The summed E-state index contributed by atoms with van der Waals surface area (Å²) >= 11 is 5.24. The largest absolute Gasteiger partial charge is 0.496 e. The molecule has 0 saturated carbocycles. The van der Waals surface area contributed by atoms with Crippen LogP contribution >= 0.6 is 12.2 Å². The topological polar surface area (TPSA) is 47.1 Å². The highest BCUT2D eigenvalue weighted by Gasteiger charge is 2.13. The number of aromatic nitrogens is 2. The summed E-state index contributed by atoms with van der Waals surface area (Å²) in [4.78, 5) is 6.93. The van der Waals surface area contributed by atoms with E-state index in [1.165, 1.54) is 0 Å². The van der Waals surface area contributed by atoms with E-state index in [0.29, 0.717) is 16.1 Å². The predicted octanol–water partition coefficient (Wildman–Crippen LogP) is 2.82. The molecule has 5 heteroatoms. The lowest BCUT2D eigenvalue weighted by molar-refractivity contribution is 0.397. The molecule has 0 unspecified atom stereocenters. The van der Waals surface area contributed by atoms with Crippen LogP contribution in [0.5, 0.6) is 11.5 Å². The van der Waals surface area contributed by atoms with Crippen molar-refractivity contribution < 1.29 is 9.47 Å². The Morgan fingerprint density at radius 2 is 1.82 bits per heavy atom. The highest BCUT2D eigenvalue weighted by atomic mass is 32.1. The molecule has 0 fully saturated rings. The van der Waals surface area contributed by atoms with Crippen molar-refractivity contribution in [3.8, 4) is 22.6 Å². The van der Waals surface area contributed by atoms with E-state index in [4.69, 9.17) is 21.7 Å². The summed E-state index contributed by atoms with van der Waals surface area (Å²) in [5.41, 5.74) is 1.60. The molecule has 0 saturated heterocycles. The number of hydrogen-bond donors (Lipinski definition) is 1. The molecule has 0 radical (unpaired) electrons. The van der Waals surface area contributed by atoms with E-state index in [9.17, 15) is 0 Å². The number of nitrogens with one attached hydrogen (secondary N) is 1. The smallest absolute Gasteiger partial charge is 0.130 e. The first-order valence-electron chi connectivity index (χ1n) is 5.02. The summed E-state index contributed by atoms with van der Waals surface area (Å²) in [5, 5.41) is 0. The van der Waals surface area contributed by atoms with Crippen LogP contribution < -0.4 is 9.47 Å². The third-order valence-corrected chi connectivity index (χ3v) is 2.75. The number of hydrogen-bond acceptors (Lipinski definition) is 4. The number of benzene rings is 1. The number of methoxy groups -OCH3 is 2. The van der Waals surface area contributed by atoms with Crippen LogP contribution in [-0.2, 0) is 0 Å². The molecule has 4 nitrogen and oxygen atoms in total. The summed E-state index contributed by atoms with van der Waals surface area (Å²) in [6.07, 6.45) is 3.24. The Morgan fingerprint density at radius 3 is 2.35 bits per heavy atom. The fraction of sp³-hybridized carbons (Fsp3) is 0.167. The van der Waals surface area contributed by atoms with Crippen LogP contribution in [0.4, 0.5) is 0 Å². The molecule has 0 spiro atoms. The highest BCUT2D eigenvalue weighted by molar-refractivity contribution is 7.71. The van der Waals surface area contributed by atoms with Crippen molar-refractivity contribution >= 4 is 12.2 Å². The second-order valence-corrected chi connectivity index (χ2v) is 3.74. The number of nitrogens with zero attached hydrogens (tertiary/aromatic N) is 1. The molecular formula is C12H12N2O2S. The molecule has 88 valence electrons. The molecule has 0 bridgehead atoms. The van der Waals surface area contributed by atoms with Crippen LogP contribution in [0.2, 0.25) is 0 Å². The Balaban J connectivity index is 2.73. The van der Waals surface area contributed by atoms with Gasteiger partial charge < -0.3 is 14.5 Å². The van der Waals surface area contributed by atoms with E-state index < -0.39 is 0 Å². The summed E-state index contributed by atoms with van der Waals surface area (Å²) in [7, 11) is 3.23. The standard InChI is InChI=1S/C12H12N2O2S/c1-15-9-4-3-5-10(16-2)11(9)8-6-13-7-14-12(8)17/h3-7H,1-2H3,(H,13,14,17). The molecule has 2 rings (SSSR count). The molecule has 1 aromatic carbocycles. The molecule has 0 amide bonds. The second kappa shape index (κ2) is 4.97. The maximum Gasteiger partial charge on any atom is 0.130 e. The van der Waals surface area contributed by atoms with Crippen molar-refractivity contribution in [2.75, 3.05) is 14.2 Å². The molecule has 1 N–H and O–H groups in total. The van der Waals surface area contributed by atoms with Gasteiger partial charge in [-0.15, -0.1) is 0 Å². The number of aromatic amines is 1. The minimum absolute atomic E-state index is 0.600. The van der Waals surface area contributed by atoms with Crippen LogP contribution in [0.25, 0.3) is 11.1 Å². The molecule has 17 heavy (non-hydrogen) atoms. The van der Waals surface area contributed by atoms with Gasteiger partial charge in [0.2, 0.25) is 0 Å². The van der Waals surface area contributed by atoms with Gasteiger partial charge in [-0.2, -0.15) is 0 Å². The van der Waals surface area contributed by atoms with Crippen LogP contribution in [0, 0.1) is 4.64 Å². The number of rotatable bonds is 3. The number of ether oxygens (including phenoxy) is 2. The maximum atomic E-state index is 5.33. The second-order valence-electron chi connectivity index (χ2n) is 3.33. The summed E-state index contributed by atoms with van der Waals surface area (Å²) in [6, 6.07) is 5.59. The van der Waals surface area contributed by atoms with Crippen molar-refractivity contribution in [2.24, 2.45) is 0 Å². The van der Waals surface area contributed by atoms with Crippen LogP contribution in [-0.4, -0.2) is 24.2 Å². The summed E-state index contributed by atoms with van der Waals surface area (Å²) in [6.45, 7) is 0. The monoisotopic (exact) mass is 248 g/mol. The average molecular weight is 248 g/mol. The normalized spacial score (nSPS) is 10.0. The zero-order valence-electron chi connectivity index (χ0n) is 9.56. The lowest BCUT2D eigenvalue weighted by Crippen LogP contribution is -1.94. The highest BCUT2D eigenvalue weighted by Crippen LogP contribution is 2.37. The fourth-order valence-corrected chi connectivity index (χ4v) is 1.85. The molecule has 0 atom stereocenters. The van der Waals surface area contributed by atoms with Gasteiger partial charge in [-0.25, -0.2) is 4.98 Å². The van der Waals surface area contributed by atoms with Gasteiger partial charge in [0.05, 0.1) is 26.1 Å². The van der Waals surface area contributed by atoms with Gasteiger partial charge in [0, 0.05) is 11.8 Å². The quantitative estimate of drug-likeness (QED) is 0.848. The molecule has 0 aliphatic carbocycles.